The lowest BCUT2D eigenvalue weighted by atomic mass is 9.95. The molecule has 166 valence electrons. The number of hydrogen-bond donors (Lipinski definition) is 0. The van der Waals surface area contributed by atoms with E-state index in [1.165, 1.54) is 14.9 Å². The summed E-state index contributed by atoms with van der Waals surface area (Å²) >= 11 is 0. The Morgan fingerprint density at radius 2 is 1.63 bits per heavy atom. The first-order chi connectivity index (χ1) is 14.2. The Labute approximate surface area is 178 Å². The lowest BCUT2D eigenvalue weighted by molar-refractivity contribution is -0.123. The van der Waals surface area contributed by atoms with E-state index in [0.29, 0.717) is 43.9 Å². The smallest absolute Gasteiger partial charge is 0.243 e. The van der Waals surface area contributed by atoms with E-state index in [1.54, 1.807) is 23.1 Å². The van der Waals surface area contributed by atoms with E-state index in [-0.39, 0.29) is 18.4 Å². The zero-order chi connectivity index (χ0) is 21.5. The quantitative estimate of drug-likeness (QED) is 0.684. The van der Waals surface area contributed by atoms with Crippen LogP contribution in [-0.2, 0) is 31.3 Å². The SMILES string of the molecule is CS(=O)(=O)N1CCCC(C(=O)N2CCCc3cc(S(=O)(=O)N4CCCC4)ccc32)C1. The molecule has 0 saturated carbocycles. The predicted molar refractivity (Wildman–Crippen MR) is 114 cm³/mol. The van der Waals surface area contributed by atoms with Crippen molar-refractivity contribution in [3.8, 4) is 0 Å². The first-order valence-corrected chi connectivity index (χ1v) is 13.9. The summed E-state index contributed by atoms with van der Waals surface area (Å²) in [5, 5.41) is 0. The van der Waals surface area contributed by atoms with Gasteiger partial charge in [-0.2, -0.15) is 4.31 Å². The number of benzene rings is 1. The molecule has 1 aromatic rings. The number of amides is 1. The highest BCUT2D eigenvalue weighted by Gasteiger charge is 2.35. The number of carbonyl (C=O) groups excluding carboxylic acids is 1. The molecule has 1 unspecified atom stereocenters. The second kappa shape index (κ2) is 8.22. The molecule has 1 atom stereocenters. The topological polar surface area (TPSA) is 95.1 Å². The zero-order valence-corrected chi connectivity index (χ0v) is 18.9. The molecule has 0 radical (unpaired) electrons. The average molecular weight is 456 g/mol. The van der Waals surface area contributed by atoms with Crippen LogP contribution in [0.5, 0.6) is 0 Å². The number of rotatable bonds is 4. The van der Waals surface area contributed by atoms with Gasteiger partial charge in [0.15, 0.2) is 0 Å². The molecule has 0 aromatic heterocycles. The van der Waals surface area contributed by atoms with E-state index in [1.807, 2.05) is 0 Å². The summed E-state index contributed by atoms with van der Waals surface area (Å²) in [5.74, 6) is -0.438. The molecule has 0 aliphatic carbocycles. The van der Waals surface area contributed by atoms with Gasteiger partial charge in [-0.3, -0.25) is 4.79 Å². The zero-order valence-electron chi connectivity index (χ0n) is 17.3. The molecular weight excluding hydrogens is 426 g/mol. The number of aryl methyl sites for hydroxylation is 1. The fraction of sp³-hybridized carbons (Fsp3) is 0.650. The first kappa shape index (κ1) is 21.7. The highest BCUT2D eigenvalue weighted by molar-refractivity contribution is 7.89. The molecule has 0 spiro atoms. The maximum atomic E-state index is 13.3. The Kier molecular flexibility index (Phi) is 5.95. The Bertz CT molecular complexity index is 1030. The molecule has 30 heavy (non-hydrogen) atoms. The Morgan fingerprint density at radius 3 is 2.33 bits per heavy atom. The van der Waals surface area contributed by atoms with Crippen LogP contribution in [0.15, 0.2) is 23.1 Å². The van der Waals surface area contributed by atoms with Gasteiger partial charge >= 0.3 is 0 Å². The van der Waals surface area contributed by atoms with E-state index in [9.17, 15) is 21.6 Å². The van der Waals surface area contributed by atoms with E-state index >= 15 is 0 Å². The molecule has 8 nitrogen and oxygen atoms in total. The third kappa shape index (κ3) is 4.15. The van der Waals surface area contributed by atoms with Gasteiger partial charge in [0.05, 0.1) is 17.1 Å². The Balaban J connectivity index is 1.57. The van der Waals surface area contributed by atoms with Crippen LogP contribution in [0.3, 0.4) is 0 Å². The van der Waals surface area contributed by atoms with Crippen molar-refractivity contribution in [1.29, 1.82) is 0 Å². The summed E-state index contributed by atoms with van der Waals surface area (Å²) < 4.78 is 52.5. The molecule has 10 heteroatoms. The van der Waals surface area contributed by atoms with Crippen LogP contribution in [-0.4, -0.2) is 70.3 Å². The van der Waals surface area contributed by atoms with E-state index in [2.05, 4.69) is 0 Å². The van der Waals surface area contributed by atoms with Crippen LogP contribution in [0.2, 0.25) is 0 Å². The number of fused-ring (bicyclic) bond motifs is 1. The second-order valence-corrected chi connectivity index (χ2v) is 12.4. The van der Waals surface area contributed by atoms with Crippen LogP contribution in [0.4, 0.5) is 5.69 Å². The fourth-order valence-electron chi connectivity index (χ4n) is 4.71. The summed E-state index contributed by atoms with van der Waals surface area (Å²) in [6.07, 6.45) is 5.77. The lowest BCUT2D eigenvalue weighted by Crippen LogP contribution is -2.47. The van der Waals surface area contributed by atoms with Gasteiger partial charge in [-0.05, 0) is 62.3 Å². The van der Waals surface area contributed by atoms with Crippen LogP contribution in [0, 0.1) is 5.92 Å². The molecule has 1 amide bonds. The number of carbonyl (C=O) groups is 1. The third-order valence-electron chi connectivity index (χ3n) is 6.34. The van der Waals surface area contributed by atoms with Gasteiger partial charge in [0, 0.05) is 38.4 Å². The van der Waals surface area contributed by atoms with Crippen molar-refractivity contribution in [2.45, 2.75) is 43.4 Å². The fourth-order valence-corrected chi connectivity index (χ4v) is 7.19. The van der Waals surface area contributed by atoms with Crippen LogP contribution in [0.1, 0.15) is 37.7 Å². The maximum absolute atomic E-state index is 13.3. The van der Waals surface area contributed by atoms with E-state index in [0.717, 1.165) is 36.9 Å². The molecular formula is C20H29N3O5S2. The first-order valence-electron chi connectivity index (χ1n) is 10.6. The van der Waals surface area contributed by atoms with Gasteiger partial charge < -0.3 is 4.90 Å². The van der Waals surface area contributed by atoms with E-state index in [4.69, 9.17) is 0 Å². The standard InChI is InChI=1S/C20H29N3O5S2/c1-29(25,26)22-12-4-7-17(15-22)20(24)23-13-5-6-16-14-18(8-9-19(16)23)30(27,28)21-10-2-3-11-21/h8-9,14,17H,2-7,10-13,15H2,1H3. The average Bonchev–Trinajstić information content (AvgIpc) is 3.28. The molecule has 2 fully saturated rings. The van der Waals surface area contributed by atoms with Crippen molar-refractivity contribution >= 4 is 31.6 Å². The summed E-state index contributed by atoms with van der Waals surface area (Å²) in [4.78, 5) is 15.3. The van der Waals surface area contributed by atoms with Crippen molar-refractivity contribution < 1.29 is 21.6 Å². The van der Waals surface area contributed by atoms with Crippen molar-refractivity contribution in [3.63, 3.8) is 0 Å². The van der Waals surface area contributed by atoms with Crippen molar-refractivity contribution in [1.82, 2.24) is 8.61 Å². The third-order valence-corrected chi connectivity index (χ3v) is 9.51. The minimum atomic E-state index is -3.50. The second-order valence-electron chi connectivity index (χ2n) is 8.46. The molecule has 3 aliphatic heterocycles. The lowest BCUT2D eigenvalue weighted by Gasteiger charge is -2.36. The van der Waals surface area contributed by atoms with Crippen molar-refractivity contribution in [2.24, 2.45) is 5.92 Å². The molecule has 4 rings (SSSR count). The van der Waals surface area contributed by atoms with Gasteiger partial charge in [0.25, 0.3) is 0 Å². The summed E-state index contributed by atoms with van der Waals surface area (Å²) in [6, 6.07) is 5.06. The van der Waals surface area contributed by atoms with Gasteiger partial charge in [-0.15, -0.1) is 0 Å². The number of hydrogen-bond acceptors (Lipinski definition) is 5. The van der Waals surface area contributed by atoms with E-state index < -0.39 is 20.0 Å². The summed E-state index contributed by atoms with van der Waals surface area (Å²) in [5.41, 5.74) is 1.62. The van der Waals surface area contributed by atoms with Crippen LogP contribution >= 0.6 is 0 Å². The van der Waals surface area contributed by atoms with Crippen molar-refractivity contribution in [3.05, 3.63) is 23.8 Å². The van der Waals surface area contributed by atoms with Gasteiger partial charge in [0.1, 0.15) is 0 Å². The molecule has 2 saturated heterocycles. The summed E-state index contributed by atoms with van der Waals surface area (Å²) in [7, 11) is -6.82. The molecule has 3 heterocycles. The highest BCUT2D eigenvalue weighted by Crippen LogP contribution is 2.33. The van der Waals surface area contributed by atoms with Gasteiger partial charge in [0.2, 0.25) is 26.0 Å². The Hall–Kier alpha value is -1.49. The van der Waals surface area contributed by atoms with Crippen molar-refractivity contribution in [2.75, 3.05) is 43.9 Å². The van der Waals surface area contributed by atoms with Gasteiger partial charge in [-0.25, -0.2) is 21.1 Å². The van der Waals surface area contributed by atoms with Crippen LogP contribution in [0.25, 0.3) is 0 Å². The number of piperidine rings is 1. The molecule has 0 N–H and O–H groups in total. The summed E-state index contributed by atoms with van der Waals surface area (Å²) in [6.45, 7) is 2.35. The number of sulfonamides is 2. The number of anilines is 1. The minimum absolute atomic E-state index is 0.0700. The molecule has 1 aromatic carbocycles. The number of nitrogens with zero attached hydrogens (tertiary/aromatic N) is 3. The van der Waals surface area contributed by atoms with Gasteiger partial charge in [-0.1, -0.05) is 0 Å². The highest BCUT2D eigenvalue weighted by atomic mass is 32.2. The Morgan fingerprint density at radius 1 is 0.933 bits per heavy atom. The maximum Gasteiger partial charge on any atom is 0.243 e. The normalized spacial score (nSPS) is 24.0. The largest absolute Gasteiger partial charge is 0.312 e. The predicted octanol–water partition coefficient (Wildman–Crippen LogP) is 1.42. The molecule has 3 aliphatic rings. The van der Waals surface area contributed by atoms with Crippen LogP contribution < -0.4 is 4.90 Å². The monoisotopic (exact) mass is 455 g/mol. The minimum Gasteiger partial charge on any atom is -0.312 e. The molecule has 0 bridgehead atoms.